The van der Waals surface area contributed by atoms with Gasteiger partial charge >= 0.3 is 12.1 Å². The lowest BCUT2D eigenvalue weighted by atomic mass is 10.2. The monoisotopic (exact) mass is 173 g/mol. The van der Waals surface area contributed by atoms with Gasteiger partial charge < -0.3 is 15.2 Å². The predicted molar refractivity (Wildman–Crippen MR) is 39.7 cm³/mol. The molecule has 0 aromatic carbocycles. The normalized spacial score (nSPS) is 18.1. The van der Waals surface area contributed by atoms with Gasteiger partial charge in [0.2, 0.25) is 0 Å². The molecule has 0 heterocycles. The number of carboxylic acids is 1. The number of carbonyl (C=O) groups excluding carboxylic acids is 1. The smallest absolute Gasteiger partial charge is 0.407 e. The molecule has 1 fully saturated rings. The Balaban J connectivity index is 2.43. The van der Waals surface area contributed by atoms with Gasteiger partial charge in [-0.25, -0.2) is 9.59 Å². The average Bonchev–Trinajstić information content (AvgIpc) is 2.81. The largest absolute Gasteiger partial charge is 0.480 e. The zero-order valence-corrected chi connectivity index (χ0v) is 6.74. The molecule has 0 bridgehead atoms. The first-order valence-electron chi connectivity index (χ1n) is 3.72. The maximum Gasteiger partial charge on any atom is 0.407 e. The SMILES string of the molecule is COC(=O)N[C@H](C(=O)O)C1CC1. The van der Waals surface area contributed by atoms with E-state index in [-0.39, 0.29) is 5.92 Å². The van der Waals surface area contributed by atoms with E-state index in [0.29, 0.717) is 0 Å². The van der Waals surface area contributed by atoms with E-state index in [1.807, 2.05) is 0 Å². The minimum absolute atomic E-state index is 0.0848. The average molecular weight is 173 g/mol. The Hall–Kier alpha value is -1.26. The van der Waals surface area contributed by atoms with Crippen LogP contribution in [0.1, 0.15) is 12.8 Å². The van der Waals surface area contributed by atoms with Crippen LogP contribution in [0.2, 0.25) is 0 Å². The fourth-order valence-corrected chi connectivity index (χ4v) is 0.997. The summed E-state index contributed by atoms with van der Waals surface area (Å²) in [5.74, 6) is -0.912. The van der Waals surface area contributed by atoms with Crippen molar-refractivity contribution >= 4 is 12.1 Å². The van der Waals surface area contributed by atoms with Crippen LogP contribution in [0.25, 0.3) is 0 Å². The number of ether oxygens (including phenoxy) is 1. The molecule has 1 atom stereocenters. The number of carboxylic acid groups (broad SMARTS) is 1. The standard InChI is InChI=1S/C7H11NO4/c1-12-7(11)8-5(6(9)10)4-2-3-4/h4-5H,2-3H2,1H3,(H,8,11)(H,9,10)/t5-/m0/s1. The van der Waals surface area contributed by atoms with E-state index in [0.717, 1.165) is 12.8 Å². The number of hydrogen-bond donors (Lipinski definition) is 2. The molecular formula is C7H11NO4. The van der Waals surface area contributed by atoms with Crippen molar-refractivity contribution in [3.63, 3.8) is 0 Å². The van der Waals surface area contributed by atoms with Gasteiger partial charge in [-0.15, -0.1) is 0 Å². The second kappa shape index (κ2) is 3.42. The van der Waals surface area contributed by atoms with Gasteiger partial charge in [0.15, 0.2) is 0 Å². The summed E-state index contributed by atoms with van der Waals surface area (Å²) >= 11 is 0. The van der Waals surface area contributed by atoms with Gasteiger partial charge in [0.1, 0.15) is 6.04 Å². The zero-order chi connectivity index (χ0) is 9.14. The molecule has 68 valence electrons. The highest BCUT2D eigenvalue weighted by Crippen LogP contribution is 2.32. The topological polar surface area (TPSA) is 75.6 Å². The maximum absolute atomic E-state index is 10.7. The van der Waals surface area contributed by atoms with E-state index in [1.165, 1.54) is 7.11 Å². The molecule has 2 N–H and O–H groups in total. The van der Waals surface area contributed by atoms with Crippen molar-refractivity contribution in [1.82, 2.24) is 5.32 Å². The number of rotatable bonds is 3. The van der Waals surface area contributed by atoms with Crippen molar-refractivity contribution in [3.8, 4) is 0 Å². The first kappa shape index (κ1) is 8.83. The number of carbonyl (C=O) groups is 2. The van der Waals surface area contributed by atoms with Crippen LogP contribution in [-0.4, -0.2) is 30.3 Å². The number of alkyl carbamates (subject to hydrolysis) is 1. The van der Waals surface area contributed by atoms with Crippen molar-refractivity contribution in [1.29, 1.82) is 0 Å². The lowest BCUT2D eigenvalue weighted by molar-refractivity contribution is -0.139. The number of amides is 1. The van der Waals surface area contributed by atoms with Crippen molar-refractivity contribution in [3.05, 3.63) is 0 Å². The highest BCUT2D eigenvalue weighted by Gasteiger charge is 2.37. The van der Waals surface area contributed by atoms with Gasteiger partial charge in [-0.2, -0.15) is 0 Å². The summed E-state index contributed by atoms with van der Waals surface area (Å²) < 4.78 is 4.30. The number of aliphatic carboxylic acids is 1. The van der Waals surface area contributed by atoms with E-state index in [2.05, 4.69) is 10.1 Å². The summed E-state index contributed by atoms with van der Waals surface area (Å²) in [6.45, 7) is 0. The molecule has 0 saturated heterocycles. The summed E-state index contributed by atoms with van der Waals surface area (Å²) in [4.78, 5) is 21.2. The van der Waals surface area contributed by atoms with Gasteiger partial charge in [-0.05, 0) is 18.8 Å². The first-order chi connectivity index (χ1) is 5.65. The molecule has 0 aliphatic heterocycles. The quantitative estimate of drug-likeness (QED) is 0.639. The van der Waals surface area contributed by atoms with Crippen LogP contribution in [0.3, 0.4) is 0 Å². The minimum atomic E-state index is -0.997. The molecule has 5 nitrogen and oxygen atoms in total. The van der Waals surface area contributed by atoms with Crippen LogP contribution in [0.5, 0.6) is 0 Å². The van der Waals surface area contributed by atoms with Crippen LogP contribution in [-0.2, 0) is 9.53 Å². The molecule has 0 unspecified atom stereocenters. The van der Waals surface area contributed by atoms with E-state index < -0.39 is 18.1 Å². The summed E-state index contributed by atoms with van der Waals surface area (Å²) in [7, 11) is 1.21. The Kier molecular flexibility index (Phi) is 2.52. The van der Waals surface area contributed by atoms with Crippen LogP contribution in [0, 0.1) is 5.92 Å². The van der Waals surface area contributed by atoms with Crippen LogP contribution in [0.4, 0.5) is 4.79 Å². The molecule has 1 saturated carbocycles. The number of nitrogens with one attached hydrogen (secondary N) is 1. The van der Waals surface area contributed by atoms with Crippen molar-refractivity contribution in [2.24, 2.45) is 5.92 Å². The van der Waals surface area contributed by atoms with Crippen molar-refractivity contribution < 1.29 is 19.4 Å². The molecule has 0 aromatic heterocycles. The second-order valence-corrected chi connectivity index (χ2v) is 2.79. The lowest BCUT2D eigenvalue weighted by Crippen LogP contribution is -2.42. The Bertz CT molecular complexity index is 200. The van der Waals surface area contributed by atoms with Gasteiger partial charge in [-0.1, -0.05) is 0 Å². The number of hydrogen-bond acceptors (Lipinski definition) is 3. The third-order valence-electron chi connectivity index (χ3n) is 1.82. The van der Waals surface area contributed by atoms with Crippen molar-refractivity contribution in [2.45, 2.75) is 18.9 Å². The Labute approximate surface area is 69.7 Å². The molecule has 12 heavy (non-hydrogen) atoms. The molecule has 5 heteroatoms. The fraction of sp³-hybridized carbons (Fsp3) is 0.714. The lowest BCUT2D eigenvalue weighted by Gasteiger charge is -2.11. The number of methoxy groups -OCH3 is 1. The van der Waals surface area contributed by atoms with Gasteiger partial charge in [0, 0.05) is 0 Å². The third-order valence-corrected chi connectivity index (χ3v) is 1.82. The molecule has 0 radical (unpaired) electrons. The Morgan fingerprint density at radius 2 is 2.17 bits per heavy atom. The van der Waals surface area contributed by atoms with Crippen LogP contribution in [0.15, 0.2) is 0 Å². The highest BCUT2D eigenvalue weighted by molar-refractivity contribution is 5.80. The maximum atomic E-state index is 10.7. The predicted octanol–water partition coefficient (Wildman–Crippen LogP) is 0.206. The molecular weight excluding hydrogens is 162 g/mol. The fourth-order valence-electron chi connectivity index (χ4n) is 0.997. The Morgan fingerprint density at radius 1 is 1.58 bits per heavy atom. The highest BCUT2D eigenvalue weighted by atomic mass is 16.5. The zero-order valence-electron chi connectivity index (χ0n) is 6.74. The minimum Gasteiger partial charge on any atom is -0.480 e. The molecule has 0 spiro atoms. The Morgan fingerprint density at radius 3 is 2.50 bits per heavy atom. The summed E-state index contributed by atoms with van der Waals surface area (Å²) in [5, 5.41) is 10.9. The summed E-state index contributed by atoms with van der Waals surface area (Å²) in [6, 6.07) is -0.780. The first-order valence-corrected chi connectivity index (χ1v) is 3.72. The molecule has 1 aliphatic carbocycles. The molecule has 1 amide bonds. The van der Waals surface area contributed by atoms with Gasteiger partial charge in [0.05, 0.1) is 7.11 Å². The summed E-state index contributed by atoms with van der Waals surface area (Å²) in [6.07, 6.45) is 1.04. The molecule has 1 aliphatic rings. The van der Waals surface area contributed by atoms with E-state index in [4.69, 9.17) is 5.11 Å². The van der Waals surface area contributed by atoms with Crippen LogP contribution >= 0.6 is 0 Å². The van der Waals surface area contributed by atoms with E-state index in [1.54, 1.807) is 0 Å². The molecule has 0 aromatic rings. The summed E-state index contributed by atoms with van der Waals surface area (Å²) in [5.41, 5.74) is 0. The van der Waals surface area contributed by atoms with Crippen molar-refractivity contribution in [2.75, 3.05) is 7.11 Å². The van der Waals surface area contributed by atoms with Gasteiger partial charge in [0.25, 0.3) is 0 Å². The third kappa shape index (κ3) is 2.11. The molecule has 1 rings (SSSR count). The van der Waals surface area contributed by atoms with Gasteiger partial charge in [-0.3, -0.25) is 0 Å². The van der Waals surface area contributed by atoms with E-state index >= 15 is 0 Å². The van der Waals surface area contributed by atoms with E-state index in [9.17, 15) is 9.59 Å². The van der Waals surface area contributed by atoms with Crippen LogP contribution < -0.4 is 5.32 Å². The second-order valence-electron chi connectivity index (χ2n) is 2.79.